The summed E-state index contributed by atoms with van der Waals surface area (Å²) in [5, 5.41) is 1.43. The van der Waals surface area contributed by atoms with Crippen molar-refractivity contribution in [2.45, 2.75) is 33.1 Å². The SMILES string of the molecule is Cc1ccc(COC(Cn2ccnc2)c2ccc(C)cc2Cl)c(Cl)c1. The Balaban J connectivity index is 1.83. The molecule has 0 spiro atoms. The van der Waals surface area contributed by atoms with Gasteiger partial charge >= 0.3 is 0 Å². The van der Waals surface area contributed by atoms with Crippen molar-refractivity contribution in [3.63, 3.8) is 0 Å². The van der Waals surface area contributed by atoms with Gasteiger partial charge in [0.25, 0.3) is 0 Å². The molecular formula is C20H20Cl2N2O. The van der Waals surface area contributed by atoms with Crippen LogP contribution in [0.3, 0.4) is 0 Å². The largest absolute Gasteiger partial charge is 0.367 e. The Hall–Kier alpha value is -1.81. The zero-order valence-electron chi connectivity index (χ0n) is 14.2. The summed E-state index contributed by atoms with van der Waals surface area (Å²) in [6.45, 7) is 5.09. The van der Waals surface area contributed by atoms with Crippen LogP contribution in [0.5, 0.6) is 0 Å². The van der Waals surface area contributed by atoms with Gasteiger partial charge in [-0.3, -0.25) is 0 Å². The minimum Gasteiger partial charge on any atom is -0.367 e. The maximum atomic E-state index is 6.47. The van der Waals surface area contributed by atoms with E-state index in [9.17, 15) is 0 Å². The van der Waals surface area contributed by atoms with Crippen LogP contribution < -0.4 is 0 Å². The molecule has 3 rings (SSSR count). The highest BCUT2D eigenvalue weighted by Crippen LogP contribution is 2.30. The third-order valence-electron chi connectivity index (χ3n) is 4.09. The van der Waals surface area contributed by atoms with Gasteiger partial charge in [-0.2, -0.15) is 0 Å². The summed E-state index contributed by atoms with van der Waals surface area (Å²) in [7, 11) is 0. The molecular weight excluding hydrogens is 355 g/mol. The molecule has 0 aliphatic rings. The molecule has 1 atom stereocenters. The molecule has 0 saturated heterocycles. The number of aromatic nitrogens is 2. The molecule has 3 aromatic rings. The van der Waals surface area contributed by atoms with Gasteiger partial charge in [0.1, 0.15) is 6.10 Å². The molecule has 0 radical (unpaired) electrons. The molecule has 2 aromatic carbocycles. The van der Waals surface area contributed by atoms with Gasteiger partial charge in [-0.05, 0) is 42.7 Å². The molecule has 0 amide bonds. The first-order valence-corrected chi connectivity index (χ1v) is 8.87. The quantitative estimate of drug-likeness (QED) is 0.547. The van der Waals surface area contributed by atoms with Crippen molar-refractivity contribution >= 4 is 23.2 Å². The zero-order valence-corrected chi connectivity index (χ0v) is 15.8. The first kappa shape index (κ1) is 18.0. The fourth-order valence-electron chi connectivity index (χ4n) is 2.68. The van der Waals surface area contributed by atoms with Gasteiger partial charge in [0.05, 0.1) is 19.5 Å². The molecule has 0 aliphatic heterocycles. The molecule has 0 N–H and O–H groups in total. The summed E-state index contributed by atoms with van der Waals surface area (Å²) in [5.41, 5.74) is 4.18. The topological polar surface area (TPSA) is 27.1 Å². The summed E-state index contributed by atoms with van der Waals surface area (Å²) in [6, 6.07) is 12.0. The Morgan fingerprint density at radius 3 is 2.40 bits per heavy atom. The van der Waals surface area contributed by atoms with Crippen LogP contribution in [0, 0.1) is 13.8 Å². The lowest BCUT2D eigenvalue weighted by atomic mass is 10.1. The van der Waals surface area contributed by atoms with E-state index in [0.29, 0.717) is 18.2 Å². The third kappa shape index (κ3) is 4.63. The van der Waals surface area contributed by atoms with Crippen molar-refractivity contribution in [3.05, 3.63) is 87.4 Å². The van der Waals surface area contributed by atoms with Gasteiger partial charge in [0.15, 0.2) is 0 Å². The van der Waals surface area contributed by atoms with Gasteiger partial charge in [0, 0.05) is 28.0 Å². The number of aryl methyl sites for hydroxylation is 2. The van der Waals surface area contributed by atoms with Crippen molar-refractivity contribution in [2.75, 3.05) is 0 Å². The number of ether oxygens (including phenoxy) is 1. The lowest BCUT2D eigenvalue weighted by Crippen LogP contribution is -2.13. The number of hydrogen-bond donors (Lipinski definition) is 0. The van der Waals surface area contributed by atoms with Gasteiger partial charge in [0.2, 0.25) is 0 Å². The minimum absolute atomic E-state index is 0.195. The van der Waals surface area contributed by atoms with Crippen molar-refractivity contribution in [3.8, 4) is 0 Å². The standard InChI is InChI=1S/C20H20Cl2N2O/c1-14-3-5-16(18(21)9-14)12-25-20(11-24-8-7-23-13-24)17-6-4-15(2)10-19(17)22/h3-10,13,20H,11-12H2,1-2H3. The number of rotatable bonds is 6. The van der Waals surface area contributed by atoms with Crippen LogP contribution in [0.25, 0.3) is 0 Å². The summed E-state index contributed by atoms with van der Waals surface area (Å²) < 4.78 is 8.20. The van der Waals surface area contributed by atoms with Gasteiger partial charge in [-0.25, -0.2) is 4.98 Å². The average Bonchev–Trinajstić information content (AvgIpc) is 3.06. The van der Waals surface area contributed by atoms with E-state index in [4.69, 9.17) is 27.9 Å². The van der Waals surface area contributed by atoms with Crippen LogP contribution in [0.2, 0.25) is 10.0 Å². The third-order valence-corrected chi connectivity index (χ3v) is 4.77. The first-order valence-electron chi connectivity index (χ1n) is 8.11. The van der Waals surface area contributed by atoms with Gasteiger partial charge in [-0.15, -0.1) is 0 Å². The second-order valence-electron chi connectivity index (χ2n) is 6.18. The Morgan fingerprint density at radius 2 is 1.76 bits per heavy atom. The predicted molar refractivity (Wildman–Crippen MR) is 102 cm³/mol. The van der Waals surface area contributed by atoms with E-state index < -0.39 is 0 Å². The molecule has 0 saturated carbocycles. The van der Waals surface area contributed by atoms with E-state index in [1.54, 1.807) is 12.5 Å². The second-order valence-corrected chi connectivity index (χ2v) is 6.99. The molecule has 1 unspecified atom stereocenters. The summed E-state index contributed by atoms with van der Waals surface area (Å²) in [6.07, 6.45) is 5.25. The zero-order chi connectivity index (χ0) is 17.8. The summed E-state index contributed by atoms with van der Waals surface area (Å²) in [4.78, 5) is 4.10. The van der Waals surface area contributed by atoms with Gasteiger partial charge < -0.3 is 9.30 Å². The molecule has 130 valence electrons. The highest BCUT2D eigenvalue weighted by molar-refractivity contribution is 6.31. The molecule has 0 fully saturated rings. The highest BCUT2D eigenvalue weighted by Gasteiger charge is 2.17. The monoisotopic (exact) mass is 374 g/mol. The number of benzene rings is 2. The molecule has 0 bridgehead atoms. The number of halogens is 2. The van der Waals surface area contributed by atoms with Crippen LogP contribution in [-0.2, 0) is 17.9 Å². The molecule has 25 heavy (non-hydrogen) atoms. The Morgan fingerprint density at radius 1 is 1.04 bits per heavy atom. The normalized spacial score (nSPS) is 12.3. The van der Waals surface area contributed by atoms with Crippen LogP contribution in [0.1, 0.15) is 28.4 Å². The van der Waals surface area contributed by atoms with Crippen LogP contribution >= 0.6 is 23.2 Å². The Labute approximate surface area is 158 Å². The number of hydrogen-bond acceptors (Lipinski definition) is 2. The highest BCUT2D eigenvalue weighted by atomic mass is 35.5. The van der Waals surface area contributed by atoms with E-state index in [1.807, 2.05) is 61.0 Å². The molecule has 0 aliphatic carbocycles. The number of imidazole rings is 1. The molecule has 3 nitrogen and oxygen atoms in total. The number of nitrogens with zero attached hydrogens (tertiary/aromatic N) is 2. The average molecular weight is 375 g/mol. The summed E-state index contributed by atoms with van der Waals surface area (Å²) >= 11 is 12.8. The van der Waals surface area contributed by atoms with Crippen molar-refractivity contribution in [2.24, 2.45) is 0 Å². The maximum Gasteiger partial charge on any atom is 0.102 e. The lowest BCUT2D eigenvalue weighted by molar-refractivity contribution is 0.0280. The smallest absolute Gasteiger partial charge is 0.102 e. The molecule has 1 aromatic heterocycles. The van der Waals surface area contributed by atoms with Crippen molar-refractivity contribution < 1.29 is 4.74 Å². The lowest BCUT2D eigenvalue weighted by Gasteiger charge is -2.21. The van der Waals surface area contributed by atoms with Crippen LogP contribution in [0.15, 0.2) is 55.1 Å². The van der Waals surface area contributed by atoms with E-state index in [-0.39, 0.29) is 6.10 Å². The van der Waals surface area contributed by atoms with E-state index >= 15 is 0 Å². The summed E-state index contributed by atoms with van der Waals surface area (Å²) in [5.74, 6) is 0. The minimum atomic E-state index is -0.195. The molecule has 5 heteroatoms. The Bertz CT molecular complexity index is 847. The fraction of sp³-hybridized carbons (Fsp3) is 0.250. The maximum absolute atomic E-state index is 6.47. The van der Waals surface area contributed by atoms with Crippen molar-refractivity contribution in [1.82, 2.24) is 9.55 Å². The van der Waals surface area contributed by atoms with E-state index in [2.05, 4.69) is 4.98 Å². The fourth-order valence-corrected chi connectivity index (χ4v) is 3.33. The molecule has 1 heterocycles. The predicted octanol–water partition coefficient (Wildman–Crippen LogP) is 5.76. The first-order chi connectivity index (χ1) is 12.0. The van der Waals surface area contributed by atoms with E-state index in [1.165, 1.54) is 0 Å². The Kier molecular flexibility index (Phi) is 5.79. The van der Waals surface area contributed by atoms with Gasteiger partial charge in [-0.1, -0.05) is 47.5 Å². The van der Waals surface area contributed by atoms with E-state index in [0.717, 1.165) is 27.3 Å². The van der Waals surface area contributed by atoms with Crippen molar-refractivity contribution in [1.29, 1.82) is 0 Å². The van der Waals surface area contributed by atoms with Crippen LogP contribution in [-0.4, -0.2) is 9.55 Å². The second kappa shape index (κ2) is 8.05. The van der Waals surface area contributed by atoms with Crippen LogP contribution in [0.4, 0.5) is 0 Å².